The number of benzene rings is 2. The predicted octanol–water partition coefficient (Wildman–Crippen LogP) is 4.38. The molecule has 10 heteroatoms. The Labute approximate surface area is 178 Å². The van der Waals surface area contributed by atoms with Gasteiger partial charge in [0.05, 0.1) is 10.6 Å². The molecule has 3 rings (SSSR count). The number of carbonyl (C=O) groups is 1. The van der Waals surface area contributed by atoms with Crippen LogP contribution in [0.3, 0.4) is 0 Å². The van der Waals surface area contributed by atoms with Gasteiger partial charge in [-0.25, -0.2) is 12.8 Å². The van der Waals surface area contributed by atoms with Gasteiger partial charge < -0.3 is 0 Å². The van der Waals surface area contributed by atoms with Crippen LogP contribution in [-0.4, -0.2) is 24.5 Å². The first-order valence-electron chi connectivity index (χ1n) is 9.32. The van der Waals surface area contributed by atoms with Gasteiger partial charge in [0.25, 0.3) is 15.9 Å². The van der Waals surface area contributed by atoms with Crippen LogP contribution in [0.15, 0.2) is 47.4 Å². The summed E-state index contributed by atoms with van der Waals surface area (Å²) in [4.78, 5) is 12.6. The molecule has 30 heavy (non-hydrogen) atoms. The average molecular weight is 449 g/mol. The maximum atomic E-state index is 13.8. The van der Waals surface area contributed by atoms with E-state index in [1.54, 1.807) is 6.92 Å². The van der Waals surface area contributed by atoms with Crippen LogP contribution in [0.1, 0.15) is 40.7 Å². The zero-order valence-electron chi connectivity index (χ0n) is 16.5. The molecule has 1 amide bonds. The summed E-state index contributed by atoms with van der Waals surface area (Å²) in [5.74, 6) is -1.19. The number of hydrogen-bond acceptors (Lipinski definition) is 6. The minimum Gasteiger partial charge on any atom is -0.296 e. The van der Waals surface area contributed by atoms with E-state index >= 15 is 0 Å². The van der Waals surface area contributed by atoms with E-state index in [0.717, 1.165) is 30.3 Å². The highest BCUT2D eigenvalue weighted by atomic mass is 32.2. The van der Waals surface area contributed by atoms with Gasteiger partial charge in [-0.2, -0.15) is 0 Å². The average Bonchev–Trinajstić information content (AvgIpc) is 3.15. The Kier molecular flexibility index (Phi) is 6.78. The summed E-state index contributed by atoms with van der Waals surface area (Å²) in [7, 11) is -4.08. The zero-order chi connectivity index (χ0) is 21.7. The molecule has 0 spiro atoms. The number of para-hydroxylation sites is 1. The molecule has 0 saturated heterocycles. The Bertz CT molecular complexity index is 1160. The van der Waals surface area contributed by atoms with E-state index in [4.69, 9.17) is 0 Å². The number of sulfonamides is 1. The molecule has 3 aromatic rings. The van der Waals surface area contributed by atoms with E-state index < -0.39 is 21.7 Å². The van der Waals surface area contributed by atoms with Gasteiger partial charge in [0.2, 0.25) is 5.13 Å². The fourth-order valence-corrected chi connectivity index (χ4v) is 4.53. The minimum absolute atomic E-state index is 0.151. The first-order chi connectivity index (χ1) is 14.3. The third kappa shape index (κ3) is 5.19. The van der Waals surface area contributed by atoms with Gasteiger partial charge in [0, 0.05) is 12.0 Å². The van der Waals surface area contributed by atoms with Crippen molar-refractivity contribution in [3.63, 3.8) is 0 Å². The summed E-state index contributed by atoms with van der Waals surface area (Å²) in [6, 6.07) is 9.60. The van der Waals surface area contributed by atoms with E-state index in [1.807, 2.05) is 0 Å². The molecule has 0 fully saturated rings. The van der Waals surface area contributed by atoms with Crippen molar-refractivity contribution in [2.45, 2.75) is 38.0 Å². The van der Waals surface area contributed by atoms with Crippen LogP contribution in [0.4, 0.5) is 15.2 Å². The largest absolute Gasteiger partial charge is 0.296 e. The Balaban J connectivity index is 1.81. The summed E-state index contributed by atoms with van der Waals surface area (Å²) >= 11 is 1.29. The number of nitrogens with one attached hydrogen (secondary N) is 2. The molecule has 0 bridgehead atoms. The zero-order valence-corrected chi connectivity index (χ0v) is 18.1. The molecule has 0 saturated carbocycles. The maximum absolute atomic E-state index is 13.8. The van der Waals surface area contributed by atoms with Crippen LogP contribution in [0.25, 0.3) is 0 Å². The Morgan fingerprint density at radius 2 is 1.93 bits per heavy atom. The standard InChI is InChI=1S/C20H21FN4O3S2/c1-3-4-9-18-23-24-20(29-18)22-19(26)15-12-14(11-10-13(15)2)30(27,28)25-17-8-6-5-7-16(17)21/h5-8,10-12,25H,3-4,9H2,1-2H3,(H,22,24,26). The van der Waals surface area contributed by atoms with Gasteiger partial charge in [-0.1, -0.05) is 42.9 Å². The monoisotopic (exact) mass is 448 g/mol. The molecule has 0 aliphatic heterocycles. The normalized spacial score (nSPS) is 11.3. The van der Waals surface area contributed by atoms with Gasteiger partial charge in [-0.15, -0.1) is 10.2 Å². The number of hydrogen-bond donors (Lipinski definition) is 2. The summed E-state index contributed by atoms with van der Waals surface area (Å²) in [6.07, 6.45) is 2.80. The van der Waals surface area contributed by atoms with Crippen LogP contribution in [0.5, 0.6) is 0 Å². The molecule has 0 atom stereocenters. The molecule has 2 N–H and O–H groups in total. The molecule has 1 aromatic heterocycles. The summed E-state index contributed by atoms with van der Waals surface area (Å²) in [5, 5.41) is 11.9. The molecule has 1 heterocycles. The predicted molar refractivity (Wildman–Crippen MR) is 115 cm³/mol. The number of rotatable bonds is 8. The third-order valence-corrected chi connectivity index (χ3v) is 6.58. The van der Waals surface area contributed by atoms with Gasteiger partial charge in [-0.3, -0.25) is 14.8 Å². The van der Waals surface area contributed by atoms with Crippen molar-refractivity contribution < 1.29 is 17.6 Å². The molecule has 158 valence electrons. The van der Waals surface area contributed by atoms with Crippen LogP contribution in [-0.2, 0) is 16.4 Å². The highest BCUT2D eigenvalue weighted by Gasteiger charge is 2.20. The number of nitrogens with zero attached hydrogens (tertiary/aromatic N) is 2. The third-order valence-electron chi connectivity index (χ3n) is 4.31. The molecular formula is C20H21FN4O3S2. The lowest BCUT2D eigenvalue weighted by molar-refractivity contribution is 0.102. The van der Waals surface area contributed by atoms with Crippen molar-refractivity contribution in [1.29, 1.82) is 0 Å². The molecule has 7 nitrogen and oxygen atoms in total. The smallest absolute Gasteiger partial charge is 0.262 e. The molecule has 0 aliphatic rings. The fourth-order valence-electron chi connectivity index (χ4n) is 2.66. The molecule has 2 aromatic carbocycles. The lowest BCUT2D eigenvalue weighted by Gasteiger charge is -2.11. The van der Waals surface area contributed by atoms with Crippen LogP contribution in [0, 0.1) is 12.7 Å². The van der Waals surface area contributed by atoms with Crippen molar-refractivity contribution in [3.8, 4) is 0 Å². The SMILES string of the molecule is CCCCc1nnc(NC(=O)c2cc(S(=O)(=O)Nc3ccccc3F)ccc2C)s1. The Morgan fingerprint density at radius 1 is 1.17 bits per heavy atom. The number of aryl methyl sites for hydroxylation is 2. The number of amides is 1. The molecule has 0 aliphatic carbocycles. The summed E-state index contributed by atoms with van der Waals surface area (Å²) < 4.78 is 41.4. The quantitative estimate of drug-likeness (QED) is 0.533. The van der Waals surface area contributed by atoms with E-state index in [0.29, 0.717) is 10.7 Å². The van der Waals surface area contributed by atoms with Gasteiger partial charge in [-0.05, 0) is 43.2 Å². The van der Waals surface area contributed by atoms with E-state index in [-0.39, 0.29) is 16.1 Å². The van der Waals surface area contributed by atoms with Crippen molar-refractivity contribution in [3.05, 3.63) is 64.4 Å². The maximum Gasteiger partial charge on any atom is 0.262 e. The van der Waals surface area contributed by atoms with Gasteiger partial charge >= 0.3 is 0 Å². The summed E-state index contributed by atoms with van der Waals surface area (Å²) in [6.45, 7) is 3.77. The topological polar surface area (TPSA) is 101 Å². The lowest BCUT2D eigenvalue weighted by atomic mass is 10.1. The van der Waals surface area contributed by atoms with Crippen molar-refractivity contribution in [2.24, 2.45) is 0 Å². The molecular weight excluding hydrogens is 427 g/mol. The summed E-state index contributed by atoms with van der Waals surface area (Å²) in [5.41, 5.74) is 0.599. The van der Waals surface area contributed by atoms with Gasteiger partial charge in [0.15, 0.2) is 0 Å². The van der Waals surface area contributed by atoms with Crippen LogP contribution < -0.4 is 10.0 Å². The number of unbranched alkanes of at least 4 members (excludes halogenated alkanes) is 1. The van der Waals surface area contributed by atoms with E-state index in [2.05, 4.69) is 27.2 Å². The number of carbonyl (C=O) groups excluding carboxylic acids is 1. The first-order valence-corrected chi connectivity index (χ1v) is 11.6. The second-order valence-corrected chi connectivity index (χ2v) is 9.37. The van der Waals surface area contributed by atoms with Crippen molar-refractivity contribution in [1.82, 2.24) is 10.2 Å². The second-order valence-electron chi connectivity index (χ2n) is 6.62. The van der Waals surface area contributed by atoms with Crippen LogP contribution in [0.2, 0.25) is 0 Å². The highest BCUT2D eigenvalue weighted by molar-refractivity contribution is 7.92. The van der Waals surface area contributed by atoms with Crippen molar-refractivity contribution in [2.75, 3.05) is 10.0 Å². The Morgan fingerprint density at radius 3 is 2.67 bits per heavy atom. The number of aromatic nitrogens is 2. The van der Waals surface area contributed by atoms with E-state index in [1.165, 1.54) is 47.7 Å². The fraction of sp³-hybridized carbons (Fsp3) is 0.250. The van der Waals surface area contributed by atoms with E-state index in [9.17, 15) is 17.6 Å². The van der Waals surface area contributed by atoms with Crippen molar-refractivity contribution >= 4 is 38.1 Å². The first kappa shape index (κ1) is 21.8. The molecule has 0 radical (unpaired) electrons. The Hall–Kier alpha value is -2.85. The lowest BCUT2D eigenvalue weighted by Crippen LogP contribution is -2.17. The number of halogens is 1. The minimum atomic E-state index is -4.08. The second kappa shape index (κ2) is 9.31. The van der Waals surface area contributed by atoms with Gasteiger partial charge in [0.1, 0.15) is 10.8 Å². The number of anilines is 2. The highest BCUT2D eigenvalue weighted by Crippen LogP contribution is 2.23. The molecule has 0 unspecified atom stereocenters. The van der Waals surface area contributed by atoms with Crippen LogP contribution >= 0.6 is 11.3 Å².